The molecule has 1 saturated heterocycles. The Morgan fingerprint density at radius 3 is 2.65 bits per heavy atom. The van der Waals surface area contributed by atoms with Gasteiger partial charge in [0.05, 0.1) is 13.0 Å². The average Bonchev–Trinajstić information content (AvgIpc) is 2.99. The fraction of sp³-hybridized carbons (Fsp3) is 0.300. The number of halogens is 1. The molecule has 1 aliphatic heterocycles. The van der Waals surface area contributed by atoms with E-state index in [2.05, 4.69) is 21.2 Å². The van der Waals surface area contributed by atoms with E-state index in [0.29, 0.717) is 13.1 Å². The number of hydrogen-bond acceptors (Lipinski definition) is 3. The molecule has 1 atom stereocenters. The Morgan fingerprint density at radius 1 is 1.27 bits per heavy atom. The lowest BCUT2D eigenvalue weighted by atomic mass is 10.1. The van der Waals surface area contributed by atoms with Crippen molar-refractivity contribution >= 4 is 33.4 Å². The molecule has 26 heavy (non-hydrogen) atoms. The van der Waals surface area contributed by atoms with Crippen LogP contribution in [-0.2, 0) is 16.1 Å². The first-order valence-corrected chi connectivity index (χ1v) is 9.23. The van der Waals surface area contributed by atoms with E-state index in [9.17, 15) is 9.59 Å². The van der Waals surface area contributed by atoms with E-state index in [-0.39, 0.29) is 24.2 Å². The van der Waals surface area contributed by atoms with Gasteiger partial charge in [-0.1, -0.05) is 28.1 Å². The third-order valence-electron chi connectivity index (χ3n) is 4.56. The maximum atomic E-state index is 12.6. The molecule has 0 saturated carbocycles. The molecule has 2 aromatic carbocycles. The second-order valence-electron chi connectivity index (χ2n) is 6.47. The van der Waals surface area contributed by atoms with E-state index >= 15 is 0 Å². The predicted molar refractivity (Wildman–Crippen MR) is 104 cm³/mol. The van der Waals surface area contributed by atoms with Crippen molar-refractivity contribution in [3.63, 3.8) is 0 Å². The van der Waals surface area contributed by atoms with Crippen LogP contribution in [0.1, 0.15) is 17.5 Å². The Morgan fingerprint density at radius 2 is 2.00 bits per heavy atom. The summed E-state index contributed by atoms with van der Waals surface area (Å²) in [7, 11) is 1.62. The van der Waals surface area contributed by atoms with Gasteiger partial charge in [0.1, 0.15) is 5.75 Å². The summed E-state index contributed by atoms with van der Waals surface area (Å²) in [5.74, 6) is 0.349. The molecule has 0 spiro atoms. The summed E-state index contributed by atoms with van der Waals surface area (Å²) in [6.45, 7) is 2.88. The monoisotopic (exact) mass is 416 g/mol. The fourth-order valence-electron chi connectivity index (χ4n) is 3.05. The molecule has 6 heteroatoms. The molecule has 1 N–H and O–H groups in total. The number of anilines is 1. The van der Waals surface area contributed by atoms with Crippen molar-refractivity contribution in [3.05, 3.63) is 58.1 Å². The fourth-order valence-corrected chi connectivity index (χ4v) is 3.53. The maximum absolute atomic E-state index is 12.6. The molecule has 1 heterocycles. The van der Waals surface area contributed by atoms with Gasteiger partial charge in [-0.15, -0.1) is 0 Å². The van der Waals surface area contributed by atoms with Crippen LogP contribution in [0, 0.1) is 12.8 Å². The van der Waals surface area contributed by atoms with E-state index in [1.807, 2.05) is 49.4 Å². The molecule has 2 amide bonds. The Hall–Kier alpha value is -2.34. The van der Waals surface area contributed by atoms with Crippen LogP contribution in [0.25, 0.3) is 0 Å². The van der Waals surface area contributed by atoms with Crippen LogP contribution >= 0.6 is 15.9 Å². The van der Waals surface area contributed by atoms with Gasteiger partial charge in [0.25, 0.3) is 0 Å². The Balaban J connectivity index is 1.61. The normalized spacial score (nSPS) is 16.7. The lowest BCUT2D eigenvalue weighted by Crippen LogP contribution is -2.28. The van der Waals surface area contributed by atoms with Gasteiger partial charge in [0.15, 0.2) is 0 Å². The summed E-state index contributed by atoms with van der Waals surface area (Å²) in [4.78, 5) is 26.6. The van der Waals surface area contributed by atoms with Crippen molar-refractivity contribution in [1.29, 1.82) is 0 Å². The first-order valence-electron chi connectivity index (χ1n) is 8.44. The van der Waals surface area contributed by atoms with E-state index in [4.69, 9.17) is 4.74 Å². The molecule has 1 aliphatic rings. The lowest BCUT2D eigenvalue weighted by molar-refractivity contribution is -0.128. The predicted octanol–water partition coefficient (Wildman–Crippen LogP) is 3.75. The molecule has 0 bridgehead atoms. The van der Waals surface area contributed by atoms with Gasteiger partial charge in [0, 0.05) is 29.7 Å². The van der Waals surface area contributed by atoms with Crippen molar-refractivity contribution in [2.24, 2.45) is 5.92 Å². The number of nitrogens with one attached hydrogen (secondary N) is 1. The highest BCUT2D eigenvalue weighted by molar-refractivity contribution is 9.10. The first kappa shape index (κ1) is 18.5. The summed E-state index contributed by atoms with van der Waals surface area (Å²) < 4.78 is 6.11. The minimum absolute atomic E-state index is 0.00787. The van der Waals surface area contributed by atoms with E-state index < -0.39 is 0 Å². The number of aryl methyl sites for hydroxylation is 1. The second kappa shape index (κ2) is 7.91. The van der Waals surface area contributed by atoms with Crippen LogP contribution in [0.3, 0.4) is 0 Å². The molecule has 0 aliphatic carbocycles. The third-order valence-corrected chi connectivity index (χ3v) is 5.06. The zero-order valence-electron chi connectivity index (χ0n) is 14.8. The second-order valence-corrected chi connectivity index (χ2v) is 7.39. The van der Waals surface area contributed by atoms with Crippen molar-refractivity contribution < 1.29 is 14.3 Å². The van der Waals surface area contributed by atoms with Gasteiger partial charge in [-0.2, -0.15) is 0 Å². The number of amides is 2. The summed E-state index contributed by atoms with van der Waals surface area (Å²) in [6, 6.07) is 13.3. The summed E-state index contributed by atoms with van der Waals surface area (Å²) >= 11 is 3.41. The SMILES string of the molecule is COc1ccc(CN2CC(C(=O)Nc3ccc(Br)cc3C)CC2=O)cc1. The first-order chi connectivity index (χ1) is 12.5. The minimum atomic E-state index is -0.330. The van der Waals surface area contributed by atoms with Crippen LogP contribution in [0.4, 0.5) is 5.69 Å². The van der Waals surface area contributed by atoms with Crippen molar-refractivity contribution in [2.45, 2.75) is 19.9 Å². The summed E-state index contributed by atoms with van der Waals surface area (Å²) in [6.07, 6.45) is 0.248. The molecule has 3 rings (SSSR count). The number of carbonyl (C=O) groups is 2. The van der Waals surface area contributed by atoms with Crippen molar-refractivity contribution in [2.75, 3.05) is 19.0 Å². The lowest BCUT2D eigenvalue weighted by Gasteiger charge is -2.17. The zero-order valence-corrected chi connectivity index (χ0v) is 16.4. The number of ether oxygens (including phenoxy) is 1. The molecule has 1 fully saturated rings. The van der Waals surface area contributed by atoms with E-state index in [1.54, 1.807) is 12.0 Å². The number of hydrogen-bond donors (Lipinski definition) is 1. The summed E-state index contributed by atoms with van der Waals surface area (Å²) in [5, 5.41) is 2.94. The van der Waals surface area contributed by atoms with Gasteiger partial charge < -0.3 is 15.0 Å². The van der Waals surface area contributed by atoms with Crippen molar-refractivity contribution in [3.8, 4) is 5.75 Å². The van der Waals surface area contributed by atoms with E-state index in [0.717, 1.165) is 27.0 Å². The molecule has 5 nitrogen and oxygen atoms in total. The van der Waals surface area contributed by atoms with Gasteiger partial charge in [-0.05, 0) is 48.4 Å². The highest BCUT2D eigenvalue weighted by atomic mass is 79.9. The number of carbonyl (C=O) groups excluding carboxylic acids is 2. The Bertz CT molecular complexity index is 820. The maximum Gasteiger partial charge on any atom is 0.229 e. The number of nitrogens with zero attached hydrogens (tertiary/aromatic N) is 1. The molecular weight excluding hydrogens is 396 g/mol. The number of methoxy groups -OCH3 is 1. The zero-order chi connectivity index (χ0) is 18.7. The quantitative estimate of drug-likeness (QED) is 0.806. The van der Waals surface area contributed by atoms with Crippen LogP contribution in [-0.4, -0.2) is 30.4 Å². The molecule has 2 aromatic rings. The topological polar surface area (TPSA) is 58.6 Å². The molecule has 0 aromatic heterocycles. The smallest absolute Gasteiger partial charge is 0.229 e. The molecule has 0 radical (unpaired) electrons. The van der Waals surface area contributed by atoms with Gasteiger partial charge in [0.2, 0.25) is 11.8 Å². The Labute approximate surface area is 161 Å². The third kappa shape index (κ3) is 4.25. The number of likely N-dealkylation sites (tertiary alicyclic amines) is 1. The molecule has 136 valence electrons. The van der Waals surface area contributed by atoms with Crippen molar-refractivity contribution in [1.82, 2.24) is 4.90 Å². The average molecular weight is 417 g/mol. The largest absolute Gasteiger partial charge is 0.497 e. The Kier molecular flexibility index (Phi) is 5.61. The minimum Gasteiger partial charge on any atom is -0.497 e. The van der Waals surface area contributed by atoms with Crippen LogP contribution in [0.15, 0.2) is 46.9 Å². The number of benzene rings is 2. The van der Waals surface area contributed by atoms with E-state index in [1.165, 1.54) is 0 Å². The van der Waals surface area contributed by atoms with Crippen LogP contribution in [0.2, 0.25) is 0 Å². The molecule has 1 unspecified atom stereocenters. The molecular formula is C20H21BrN2O3. The van der Waals surface area contributed by atoms with Gasteiger partial charge in [-0.25, -0.2) is 0 Å². The highest BCUT2D eigenvalue weighted by Crippen LogP contribution is 2.25. The van der Waals surface area contributed by atoms with Gasteiger partial charge >= 0.3 is 0 Å². The highest BCUT2D eigenvalue weighted by Gasteiger charge is 2.34. The summed E-state index contributed by atoms with van der Waals surface area (Å²) in [5.41, 5.74) is 2.77. The number of rotatable bonds is 5. The van der Waals surface area contributed by atoms with Crippen LogP contribution < -0.4 is 10.1 Å². The standard InChI is InChI=1S/C20H21BrN2O3/c1-13-9-16(21)5-8-18(13)22-20(25)15-10-19(24)23(12-15)11-14-3-6-17(26-2)7-4-14/h3-9,15H,10-12H2,1-2H3,(H,22,25). The van der Waals surface area contributed by atoms with Crippen LogP contribution in [0.5, 0.6) is 5.75 Å². The van der Waals surface area contributed by atoms with Gasteiger partial charge in [-0.3, -0.25) is 9.59 Å².